The van der Waals surface area contributed by atoms with Gasteiger partial charge in [-0.1, -0.05) is 24.3 Å². The van der Waals surface area contributed by atoms with Gasteiger partial charge in [-0.3, -0.25) is 4.79 Å². The molecule has 3 nitrogen and oxygen atoms in total. The first-order valence-electron chi connectivity index (χ1n) is 7.71. The summed E-state index contributed by atoms with van der Waals surface area (Å²) in [5.74, 6) is 0.748. The van der Waals surface area contributed by atoms with Crippen molar-refractivity contribution in [3.05, 3.63) is 35.4 Å². The molecule has 0 bridgehead atoms. The Balaban J connectivity index is 0.00000220. The Kier molecular flexibility index (Phi) is 7.76. The summed E-state index contributed by atoms with van der Waals surface area (Å²) in [7, 11) is 0. The SMILES string of the molecule is Cc1ccccc1CCC(=O)NC(C)C1CCCNC1.Cl. The van der Waals surface area contributed by atoms with Crippen molar-refractivity contribution in [2.45, 2.75) is 45.6 Å². The van der Waals surface area contributed by atoms with Gasteiger partial charge in [-0.2, -0.15) is 0 Å². The van der Waals surface area contributed by atoms with Crippen LogP contribution in [0, 0.1) is 12.8 Å². The van der Waals surface area contributed by atoms with Crippen LogP contribution in [0.1, 0.15) is 37.3 Å². The lowest BCUT2D eigenvalue weighted by molar-refractivity contribution is -0.122. The van der Waals surface area contributed by atoms with Crippen molar-refractivity contribution in [3.8, 4) is 0 Å². The maximum Gasteiger partial charge on any atom is 0.220 e. The van der Waals surface area contributed by atoms with Crippen molar-refractivity contribution in [2.75, 3.05) is 13.1 Å². The number of nitrogens with one attached hydrogen (secondary N) is 2. The second-order valence-corrected chi connectivity index (χ2v) is 5.89. The Bertz CT molecular complexity index is 444. The molecule has 1 aliphatic rings. The van der Waals surface area contributed by atoms with E-state index in [1.54, 1.807) is 0 Å². The molecule has 0 radical (unpaired) electrons. The molecular formula is C17H27ClN2O. The molecule has 1 aliphatic heterocycles. The van der Waals surface area contributed by atoms with Crippen molar-refractivity contribution < 1.29 is 4.79 Å². The van der Waals surface area contributed by atoms with Crippen molar-refractivity contribution >= 4 is 18.3 Å². The van der Waals surface area contributed by atoms with Crippen LogP contribution in [-0.2, 0) is 11.2 Å². The van der Waals surface area contributed by atoms with Crippen molar-refractivity contribution in [2.24, 2.45) is 5.92 Å². The number of amides is 1. The number of halogens is 1. The van der Waals surface area contributed by atoms with E-state index in [1.807, 2.05) is 12.1 Å². The lowest BCUT2D eigenvalue weighted by atomic mass is 9.92. The first kappa shape index (κ1) is 18.0. The molecule has 1 aromatic rings. The lowest BCUT2D eigenvalue weighted by Gasteiger charge is -2.29. The van der Waals surface area contributed by atoms with Crippen LogP contribution in [0.5, 0.6) is 0 Å². The van der Waals surface area contributed by atoms with E-state index in [4.69, 9.17) is 0 Å². The van der Waals surface area contributed by atoms with E-state index in [1.165, 1.54) is 24.0 Å². The highest BCUT2D eigenvalue weighted by Crippen LogP contribution is 2.14. The summed E-state index contributed by atoms with van der Waals surface area (Å²) in [6.45, 7) is 6.37. The van der Waals surface area contributed by atoms with E-state index >= 15 is 0 Å². The number of benzene rings is 1. The standard InChI is InChI=1S/C17H26N2O.ClH/c1-13-6-3-4-7-15(13)9-10-17(20)19-14(2)16-8-5-11-18-12-16;/h3-4,6-7,14,16,18H,5,8-12H2,1-2H3,(H,19,20);1H. The fourth-order valence-electron chi connectivity index (χ4n) is 2.89. The van der Waals surface area contributed by atoms with Crippen LogP contribution in [-0.4, -0.2) is 25.0 Å². The summed E-state index contributed by atoms with van der Waals surface area (Å²) in [6.07, 6.45) is 3.84. The number of rotatable bonds is 5. The predicted molar refractivity (Wildman–Crippen MR) is 89.9 cm³/mol. The average Bonchev–Trinajstić information content (AvgIpc) is 2.47. The molecule has 0 saturated carbocycles. The van der Waals surface area contributed by atoms with Crippen LogP contribution in [0.3, 0.4) is 0 Å². The predicted octanol–water partition coefficient (Wildman–Crippen LogP) is 2.85. The average molecular weight is 311 g/mol. The highest BCUT2D eigenvalue weighted by molar-refractivity contribution is 5.85. The number of aryl methyl sites for hydroxylation is 2. The maximum atomic E-state index is 12.0. The molecule has 0 aliphatic carbocycles. The van der Waals surface area contributed by atoms with Gasteiger partial charge in [-0.15, -0.1) is 12.4 Å². The van der Waals surface area contributed by atoms with Crippen LogP contribution in [0.15, 0.2) is 24.3 Å². The third-order valence-electron chi connectivity index (χ3n) is 4.31. The van der Waals surface area contributed by atoms with Gasteiger partial charge in [0.1, 0.15) is 0 Å². The molecule has 2 unspecified atom stereocenters. The molecule has 118 valence electrons. The Morgan fingerprint density at radius 3 is 2.86 bits per heavy atom. The summed E-state index contributed by atoms with van der Waals surface area (Å²) in [5.41, 5.74) is 2.54. The van der Waals surface area contributed by atoms with Gasteiger partial charge < -0.3 is 10.6 Å². The first-order valence-corrected chi connectivity index (χ1v) is 7.71. The second kappa shape index (κ2) is 9.06. The third kappa shape index (κ3) is 5.68. The molecule has 4 heteroatoms. The molecular weight excluding hydrogens is 284 g/mol. The monoisotopic (exact) mass is 310 g/mol. The van der Waals surface area contributed by atoms with Gasteiger partial charge >= 0.3 is 0 Å². The fourth-order valence-corrected chi connectivity index (χ4v) is 2.89. The van der Waals surface area contributed by atoms with Crippen molar-refractivity contribution in [3.63, 3.8) is 0 Å². The van der Waals surface area contributed by atoms with Crippen LogP contribution in [0.2, 0.25) is 0 Å². The quantitative estimate of drug-likeness (QED) is 0.878. The minimum Gasteiger partial charge on any atom is -0.353 e. The second-order valence-electron chi connectivity index (χ2n) is 5.89. The number of carbonyl (C=O) groups is 1. The zero-order valence-electron chi connectivity index (χ0n) is 13.0. The van der Waals surface area contributed by atoms with Gasteiger partial charge in [0.25, 0.3) is 0 Å². The van der Waals surface area contributed by atoms with Crippen LogP contribution >= 0.6 is 12.4 Å². The lowest BCUT2D eigenvalue weighted by Crippen LogP contribution is -2.44. The van der Waals surface area contributed by atoms with Gasteiger partial charge in [0.15, 0.2) is 0 Å². The van der Waals surface area contributed by atoms with E-state index in [9.17, 15) is 4.79 Å². The molecule has 2 rings (SSSR count). The molecule has 1 aromatic carbocycles. The highest BCUT2D eigenvalue weighted by atomic mass is 35.5. The normalized spacial score (nSPS) is 19.4. The van der Waals surface area contributed by atoms with Gasteiger partial charge in [-0.05, 0) is 63.2 Å². The van der Waals surface area contributed by atoms with Crippen LogP contribution in [0.25, 0.3) is 0 Å². The summed E-state index contributed by atoms with van der Waals surface area (Å²) in [6, 6.07) is 8.56. The van der Waals surface area contributed by atoms with Gasteiger partial charge in [-0.25, -0.2) is 0 Å². The molecule has 2 atom stereocenters. The van der Waals surface area contributed by atoms with E-state index in [2.05, 4.69) is 36.6 Å². The number of piperidine rings is 1. The van der Waals surface area contributed by atoms with Gasteiger partial charge in [0, 0.05) is 12.5 Å². The Hall–Kier alpha value is -1.06. The molecule has 21 heavy (non-hydrogen) atoms. The van der Waals surface area contributed by atoms with E-state index in [-0.39, 0.29) is 24.4 Å². The van der Waals surface area contributed by atoms with E-state index in [0.29, 0.717) is 12.3 Å². The molecule has 1 heterocycles. The number of hydrogen-bond donors (Lipinski definition) is 2. The zero-order valence-corrected chi connectivity index (χ0v) is 13.8. The smallest absolute Gasteiger partial charge is 0.220 e. The Labute approximate surface area is 134 Å². The van der Waals surface area contributed by atoms with Crippen molar-refractivity contribution in [1.29, 1.82) is 0 Å². The van der Waals surface area contributed by atoms with E-state index < -0.39 is 0 Å². The summed E-state index contributed by atoms with van der Waals surface area (Å²) in [5, 5.41) is 6.56. The summed E-state index contributed by atoms with van der Waals surface area (Å²) < 4.78 is 0. The first-order chi connectivity index (χ1) is 9.66. The molecule has 0 aromatic heterocycles. The highest BCUT2D eigenvalue weighted by Gasteiger charge is 2.20. The number of carbonyl (C=O) groups excluding carboxylic acids is 1. The Morgan fingerprint density at radius 1 is 1.43 bits per heavy atom. The van der Waals surface area contributed by atoms with Gasteiger partial charge in [0.05, 0.1) is 0 Å². The Morgan fingerprint density at radius 2 is 2.19 bits per heavy atom. The topological polar surface area (TPSA) is 41.1 Å². The fraction of sp³-hybridized carbons (Fsp3) is 0.588. The minimum absolute atomic E-state index is 0. The molecule has 1 saturated heterocycles. The number of hydrogen-bond acceptors (Lipinski definition) is 2. The van der Waals surface area contributed by atoms with E-state index in [0.717, 1.165) is 19.5 Å². The molecule has 1 amide bonds. The summed E-state index contributed by atoms with van der Waals surface area (Å²) >= 11 is 0. The van der Waals surface area contributed by atoms with Crippen LogP contribution < -0.4 is 10.6 Å². The summed E-state index contributed by atoms with van der Waals surface area (Å²) in [4.78, 5) is 12.0. The zero-order chi connectivity index (χ0) is 14.4. The molecule has 2 N–H and O–H groups in total. The van der Waals surface area contributed by atoms with Crippen molar-refractivity contribution in [1.82, 2.24) is 10.6 Å². The van der Waals surface area contributed by atoms with Crippen LogP contribution in [0.4, 0.5) is 0 Å². The molecule has 0 spiro atoms. The maximum absolute atomic E-state index is 12.0. The molecule has 1 fully saturated rings. The largest absolute Gasteiger partial charge is 0.353 e. The minimum atomic E-state index is 0. The van der Waals surface area contributed by atoms with Gasteiger partial charge in [0.2, 0.25) is 5.91 Å². The third-order valence-corrected chi connectivity index (χ3v) is 4.31.